The van der Waals surface area contributed by atoms with Crippen molar-refractivity contribution in [2.45, 2.75) is 13.5 Å². The molecule has 0 saturated heterocycles. The third kappa shape index (κ3) is 1.57. The second-order valence-electron chi connectivity index (χ2n) is 3.27. The lowest BCUT2D eigenvalue weighted by molar-refractivity contribution is 0.404. The summed E-state index contributed by atoms with van der Waals surface area (Å²) in [6, 6.07) is 4.73. The molecule has 2 aromatic rings. The molecule has 84 valence electrons. The van der Waals surface area contributed by atoms with Crippen molar-refractivity contribution in [1.82, 2.24) is 14.8 Å². The molecule has 0 aliphatic heterocycles. The average Bonchev–Trinajstić information content (AvgIpc) is 2.63. The number of aromatic amines is 1. The van der Waals surface area contributed by atoms with Crippen LogP contribution >= 0.6 is 12.2 Å². The number of aromatic hydroxyl groups is 2. The molecular weight excluding hydrogens is 226 g/mol. The normalized spacial score (nSPS) is 10.6. The maximum atomic E-state index is 9.73. The summed E-state index contributed by atoms with van der Waals surface area (Å²) in [4.78, 5) is 0. The Bertz CT molecular complexity index is 574. The van der Waals surface area contributed by atoms with E-state index in [0.717, 1.165) is 0 Å². The van der Waals surface area contributed by atoms with Gasteiger partial charge in [0.15, 0.2) is 22.1 Å². The first-order chi connectivity index (χ1) is 7.65. The van der Waals surface area contributed by atoms with E-state index in [1.165, 1.54) is 6.07 Å². The van der Waals surface area contributed by atoms with Crippen molar-refractivity contribution in [3.63, 3.8) is 0 Å². The van der Waals surface area contributed by atoms with Crippen LogP contribution in [-0.2, 0) is 6.54 Å². The van der Waals surface area contributed by atoms with Crippen LogP contribution in [0.1, 0.15) is 6.92 Å². The lowest BCUT2D eigenvalue weighted by Gasteiger charge is -2.06. The fraction of sp³-hybridized carbons (Fsp3) is 0.200. The molecule has 0 radical (unpaired) electrons. The SMILES string of the molecule is CCn1c(-c2cccc(O)c2O)n[nH]c1=S. The van der Waals surface area contributed by atoms with Gasteiger partial charge >= 0.3 is 0 Å². The minimum absolute atomic E-state index is 0.172. The number of para-hydroxylation sites is 1. The molecule has 0 aliphatic rings. The number of benzene rings is 1. The molecule has 1 aromatic carbocycles. The van der Waals surface area contributed by atoms with Crippen LogP contribution in [0.3, 0.4) is 0 Å². The zero-order valence-electron chi connectivity index (χ0n) is 8.64. The molecule has 0 bridgehead atoms. The predicted molar refractivity (Wildman–Crippen MR) is 61.9 cm³/mol. The number of hydrogen-bond acceptors (Lipinski definition) is 4. The fourth-order valence-electron chi connectivity index (χ4n) is 1.53. The zero-order chi connectivity index (χ0) is 11.7. The molecule has 0 aliphatic carbocycles. The second-order valence-corrected chi connectivity index (χ2v) is 3.66. The fourth-order valence-corrected chi connectivity index (χ4v) is 1.79. The lowest BCUT2D eigenvalue weighted by atomic mass is 10.1. The van der Waals surface area contributed by atoms with Gasteiger partial charge in [-0.05, 0) is 31.3 Å². The molecule has 5 nitrogen and oxygen atoms in total. The quantitative estimate of drug-likeness (QED) is 0.552. The second kappa shape index (κ2) is 3.97. The standard InChI is InChI=1S/C10H11N3O2S/c1-2-13-9(11-12-10(13)16)6-4-3-5-7(14)8(6)15/h3-5,14-15H,2H2,1H3,(H,12,16). The van der Waals surface area contributed by atoms with Gasteiger partial charge in [0.1, 0.15) is 0 Å². The lowest BCUT2D eigenvalue weighted by Crippen LogP contribution is -1.97. The first kappa shape index (κ1) is 10.7. The van der Waals surface area contributed by atoms with Gasteiger partial charge < -0.3 is 14.8 Å². The van der Waals surface area contributed by atoms with Crippen molar-refractivity contribution in [3.05, 3.63) is 23.0 Å². The van der Waals surface area contributed by atoms with E-state index < -0.39 is 0 Å². The first-order valence-corrected chi connectivity index (χ1v) is 5.22. The molecule has 0 unspecified atom stereocenters. The van der Waals surface area contributed by atoms with E-state index in [9.17, 15) is 10.2 Å². The van der Waals surface area contributed by atoms with Crippen LogP contribution in [0.15, 0.2) is 18.2 Å². The van der Waals surface area contributed by atoms with Crippen molar-refractivity contribution in [2.24, 2.45) is 0 Å². The van der Waals surface area contributed by atoms with Crippen LogP contribution < -0.4 is 0 Å². The molecule has 1 aromatic heterocycles. The predicted octanol–water partition coefficient (Wildman–Crippen LogP) is 2.04. The number of rotatable bonds is 2. The Kier molecular flexibility index (Phi) is 2.66. The van der Waals surface area contributed by atoms with Gasteiger partial charge in [0.2, 0.25) is 0 Å². The van der Waals surface area contributed by atoms with Crippen molar-refractivity contribution in [3.8, 4) is 22.9 Å². The van der Waals surface area contributed by atoms with E-state index in [2.05, 4.69) is 10.2 Å². The highest BCUT2D eigenvalue weighted by atomic mass is 32.1. The molecule has 0 amide bonds. The topological polar surface area (TPSA) is 74.1 Å². The van der Waals surface area contributed by atoms with Crippen LogP contribution in [0.5, 0.6) is 11.5 Å². The van der Waals surface area contributed by atoms with Gasteiger partial charge in [0.05, 0.1) is 5.56 Å². The summed E-state index contributed by atoms with van der Waals surface area (Å²) in [6.45, 7) is 2.56. The van der Waals surface area contributed by atoms with Crippen molar-refractivity contribution in [2.75, 3.05) is 0 Å². The summed E-state index contributed by atoms with van der Waals surface area (Å²) in [5.74, 6) is 0.154. The molecule has 0 fully saturated rings. The smallest absolute Gasteiger partial charge is 0.195 e. The number of hydrogen-bond donors (Lipinski definition) is 3. The Hall–Kier alpha value is -1.82. The highest BCUT2D eigenvalue weighted by Gasteiger charge is 2.13. The molecule has 3 N–H and O–H groups in total. The van der Waals surface area contributed by atoms with Gasteiger partial charge in [-0.1, -0.05) is 6.07 Å². The summed E-state index contributed by atoms with van der Waals surface area (Å²) in [5, 5.41) is 25.8. The Morgan fingerprint density at radius 2 is 2.19 bits per heavy atom. The van der Waals surface area contributed by atoms with E-state index in [0.29, 0.717) is 22.7 Å². The van der Waals surface area contributed by atoms with Crippen molar-refractivity contribution in [1.29, 1.82) is 0 Å². The van der Waals surface area contributed by atoms with Crippen LogP contribution in [0.4, 0.5) is 0 Å². The third-order valence-electron chi connectivity index (χ3n) is 2.33. The molecule has 0 saturated carbocycles. The largest absolute Gasteiger partial charge is 0.504 e. The van der Waals surface area contributed by atoms with E-state index >= 15 is 0 Å². The number of phenols is 2. The molecular formula is C10H11N3O2S. The summed E-state index contributed by atoms with van der Waals surface area (Å²) in [6.07, 6.45) is 0. The molecule has 6 heteroatoms. The minimum Gasteiger partial charge on any atom is -0.504 e. The third-order valence-corrected chi connectivity index (χ3v) is 2.64. The van der Waals surface area contributed by atoms with Crippen LogP contribution in [0, 0.1) is 4.77 Å². The number of nitrogens with zero attached hydrogens (tertiary/aromatic N) is 2. The molecule has 2 rings (SSSR count). The maximum Gasteiger partial charge on any atom is 0.195 e. The monoisotopic (exact) mass is 237 g/mol. The molecule has 0 atom stereocenters. The van der Waals surface area contributed by atoms with Gasteiger partial charge in [-0.2, -0.15) is 5.10 Å². The Balaban J connectivity index is 2.68. The van der Waals surface area contributed by atoms with Gasteiger partial charge in [0.25, 0.3) is 0 Å². The number of H-pyrrole nitrogens is 1. The Morgan fingerprint density at radius 1 is 1.44 bits per heavy atom. The molecule has 0 spiro atoms. The van der Waals surface area contributed by atoms with Crippen LogP contribution in [-0.4, -0.2) is 25.0 Å². The minimum atomic E-state index is -0.189. The van der Waals surface area contributed by atoms with E-state index in [1.54, 1.807) is 16.7 Å². The van der Waals surface area contributed by atoms with E-state index in [1.807, 2.05) is 6.92 Å². The van der Waals surface area contributed by atoms with E-state index in [4.69, 9.17) is 12.2 Å². The number of phenolic OH excluding ortho intramolecular Hbond substituents is 2. The van der Waals surface area contributed by atoms with Crippen LogP contribution in [0.2, 0.25) is 0 Å². The Morgan fingerprint density at radius 3 is 2.88 bits per heavy atom. The summed E-state index contributed by atoms with van der Waals surface area (Å²) < 4.78 is 2.23. The highest BCUT2D eigenvalue weighted by molar-refractivity contribution is 7.71. The van der Waals surface area contributed by atoms with Gasteiger partial charge in [0, 0.05) is 6.54 Å². The summed E-state index contributed by atoms with van der Waals surface area (Å²) in [5.41, 5.74) is 0.453. The summed E-state index contributed by atoms with van der Waals surface area (Å²) in [7, 11) is 0. The van der Waals surface area contributed by atoms with Gasteiger partial charge in [-0.3, -0.25) is 5.10 Å². The van der Waals surface area contributed by atoms with Gasteiger partial charge in [-0.25, -0.2) is 0 Å². The maximum absolute atomic E-state index is 9.73. The molecule has 16 heavy (non-hydrogen) atoms. The van der Waals surface area contributed by atoms with E-state index in [-0.39, 0.29) is 11.5 Å². The summed E-state index contributed by atoms with van der Waals surface area (Å²) >= 11 is 5.05. The van der Waals surface area contributed by atoms with Crippen molar-refractivity contribution < 1.29 is 10.2 Å². The number of nitrogens with one attached hydrogen (secondary N) is 1. The van der Waals surface area contributed by atoms with Gasteiger partial charge in [-0.15, -0.1) is 0 Å². The van der Waals surface area contributed by atoms with Crippen LogP contribution in [0.25, 0.3) is 11.4 Å². The first-order valence-electron chi connectivity index (χ1n) is 4.81. The zero-order valence-corrected chi connectivity index (χ0v) is 9.45. The Labute approximate surface area is 97.0 Å². The molecule has 1 heterocycles. The average molecular weight is 237 g/mol. The highest BCUT2D eigenvalue weighted by Crippen LogP contribution is 2.34. The number of aromatic nitrogens is 3. The van der Waals surface area contributed by atoms with Crippen molar-refractivity contribution >= 4 is 12.2 Å².